The molecule has 0 fully saturated rings. The lowest BCUT2D eigenvalue weighted by molar-refractivity contribution is -0.126. The van der Waals surface area contributed by atoms with Crippen molar-refractivity contribution in [1.29, 1.82) is 0 Å². The average molecular weight is 499 g/mol. The molecular weight excluding hydrogens is 476 g/mol. The molecule has 1 aromatic heterocycles. The van der Waals surface area contributed by atoms with Gasteiger partial charge in [0.1, 0.15) is 5.69 Å². The minimum atomic E-state index is -0.716. The van der Waals surface area contributed by atoms with E-state index in [-0.39, 0.29) is 18.1 Å². The summed E-state index contributed by atoms with van der Waals surface area (Å²) in [6.45, 7) is 5.05. The number of aryl methyl sites for hydroxylation is 3. The largest absolute Gasteiger partial charge is 0.451 e. The summed E-state index contributed by atoms with van der Waals surface area (Å²) in [5, 5.41) is 11.9. The van der Waals surface area contributed by atoms with Gasteiger partial charge < -0.3 is 15.4 Å². The van der Waals surface area contributed by atoms with Crippen LogP contribution >= 0.6 is 15.9 Å². The molecule has 2 amide bonds. The molecule has 0 aliphatic carbocycles. The number of esters is 1. The third kappa shape index (κ3) is 6.04. The molecule has 8 nitrogen and oxygen atoms in total. The molecule has 3 N–H and O–H groups in total. The van der Waals surface area contributed by atoms with E-state index in [0.717, 1.165) is 32.4 Å². The Labute approximate surface area is 193 Å². The van der Waals surface area contributed by atoms with Crippen molar-refractivity contribution < 1.29 is 19.1 Å². The van der Waals surface area contributed by atoms with E-state index in [2.05, 4.69) is 36.8 Å². The van der Waals surface area contributed by atoms with Gasteiger partial charge in [-0.3, -0.25) is 14.7 Å². The zero-order valence-electron chi connectivity index (χ0n) is 17.9. The van der Waals surface area contributed by atoms with E-state index in [4.69, 9.17) is 4.74 Å². The van der Waals surface area contributed by atoms with Crippen molar-refractivity contribution in [1.82, 2.24) is 15.5 Å². The highest BCUT2D eigenvalue weighted by Gasteiger charge is 2.15. The molecule has 0 unspecified atom stereocenters. The number of hydrogen-bond acceptors (Lipinski definition) is 5. The fourth-order valence-electron chi connectivity index (χ4n) is 3.19. The average Bonchev–Trinajstić information content (AvgIpc) is 3.24. The van der Waals surface area contributed by atoms with Gasteiger partial charge in [-0.05, 0) is 50.1 Å². The topological polar surface area (TPSA) is 113 Å². The number of H-pyrrole nitrogens is 1. The summed E-state index contributed by atoms with van der Waals surface area (Å²) in [6, 6.07) is 12.9. The zero-order valence-corrected chi connectivity index (χ0v) is 19.5. The van der Waals surface area contributed by atoms with Crippen LogP contribution < -0.4 is 10.6 Å². The molecule has 3 rings (SSSR count). The van der Waals surface area contributed by atoms with Gasteiger partial charge in [0.05, 0.1) is 12.2 Å². The van der Waals surface area contributed by atoms with E-state index in [1.165, 1.54) is 0 Å². The lowest BCUT2D eigenvalue weighted by atomic mass is 10.1. The number of amides is 2. The van der Waals surface area contributed by atoms with Gasteiger partial charge in [0.25, 0.3) is 5.91 Å². The van der Waals surface area contributed by atoms with Crippen LogP contribution in [0.15, 0.2) is 46.9 Å². The van der Waals surface area contributed by atoms with Crippen molar-refractivity contribution in [3.8, 4) is 11.3 Å². The maximum Gasteiger partial charge on any atom is 0.356 e. The second-order valence-corrected chi connectivity index (χ2v) is 8.26. The first kappa shape index (κ1) is 23.2. The Bertz CT molecular complexity index is 1130. The van der Waals surface area contributed by atoms with Crippen molar-refractivity contribution in [3.63, 3.8) is 0 Å². The molecule has 32 heavy (non-hydrogen) atoms. The number of aromatic nitrogens is 2. The summed E-state index contributed by atoms with van der Waals surface area (Å²) >= 11 is 3.36. The molecule has 0 saturated heterocycles. The number of hydrogen-bond donors (Lipinski definition) is 3. The van der Waals surface area contributed by atoms with Crippen LogP contribution in [-0.2, 0) is 14.3 Å². The highest BCUT2D eigenvalue weighted by molar-refractivity contribution is 9.10. The molecule has 0 saturated carbocycles. The second kappa shape index (κ2) is 10.2. The number of anilines is 1. The number of ether oxygens (including phenoxy) is 1. The summed E-state index contributed by atoms with van der Waals surface area (Å²) in [5.41, 5.74) is 5.24. The molecule has 0 atom stereocenters. The van der Waals surface area contributed by atoms with Gasteiger partial charge in [-0.15, -0.1) is 0 Å². The van der Waals surface area contributed by atoms with Gasteiger partial charge in [0.15, 0.2) is 6.61 Å². The van der Waals surface area contributed by atoms with E-state index in [1.807, 2.05) is 57.2 Å². The summed E-state index contributed by atoms with van der Waals surface area (Å²) in [6.07, 6.45) is 0. The van der Waals surface area contributed by atoms with Crippen molar-refractivity contribution >= 4 is 39.4 Å². The number of carbonyl (C=O) groups excluding carboxylic acids is 3. The van der Waals surface area contributed by atoms with Crippen molar-refractivity contribution in [3.05, 3.63) is 69.3 Å². The smallest absolute Gasteiger partial charge is 0.356 e. The van der Waals surface area contributed by atoms with Crippen LogP contribution in [0.25, 0.3) is 11.3 Å². The Hall–Kier alpha value is -3.46. The lowest BCUT2D eigenvalue weighted by Crippen LogP contribution is -2.35. The van der Waals surface area contributed by atoms with Gasteiger partial charge in [-0.25, -0.2) is 4.79 Å². The maximum atomic E-state index is 12.2. The minimum Gasteiger partial charge on any atom is -0.451 e. The van der Waals surface area contributed by atoms with Crippen LogP contribution in [0, 0.1) is 20.8 Å². The van der Waals surface area contributed by atoms with Gasteiger partial charge in [-0.2, -0.15) is 5.10 Å². The number of halogens is 1. The van der Waals surface area contributed by atoms with Gasteiger partial charge in [0.2, 0.25) is 5.91 Å². The monoisotopic (exact) mass is 498 g/mol. The molecule has 1 heterocycles. The third-order valence-corrected chi connectivity index (χ3v) is 5.19. The number of rotatable bonds is 7. The van der Waals surface area contributed by atoms with Crippen LogP contribution in [0.3, 0.4) is 0 Å². The molecule has 0 aliphatic rings. The summed E-state index contributed by atoms with van der Waals surface area (Å²) < 4.78 is 5.93. The predicted octanol–water partition coefficient (Wildman–Crippen LogP) is 3.68. The summed E-state index contributed by atoms with van der Waals surface area (Å²) in [7, 11) is 0. The third-order valence-electron chi connectivity index (χ3n) is 4.66. The van der Waals surface area contributed by atoms with Crippen LogP contribution in [0.2, 0.25) is 0 Å². The van der Waals surface area contributed by atoms with Crippen molar-refractivity contribution in [2.75, 3.05) is 18.5 Å². The number of carbonyl (C=O) groups is 3. The molecule has 166 valence electrons. The van der Waals surface area contributed by atoms with E-state index in [1.54, 1.807) is 6.07 Å². The molecule has 2 aromatic carbocycles. The number of aromatic amines is 1. The molecule has 0 bridgehead atoms. The quantitative estimate of drug-likeness (QED) is 0.430. The molecular formula is C23H23BrN4O4. The van der Waals surface area contributed by atoms with Crippen LogP contribution in [-0.4, -0.2) is 41.1 Å². The van der Waals surface area contributed by atoms with Gasteiger partial charge in [-0.1, -0.05) is 45.8 Å². The molecule has 3 aromatic rings. The van der Waals surface area contributed by atoms with E-state index < -0.39 is 18.5 Å². The number of nitrogens with zero attached hydrogens (tertiary/aromatic N) is 1. The summed E-state index contributed by atoms with van der Waals surface area (Å²) in [5.74, 6) is -1.67. The molecule has 0 aliphatic heterocycles. The van der Waals surface area contributed by atoms with E-state index in [9.17, 15) is 14.4 Å². The fraction of sp³-hybridized carbons (Fsp3) is 0.217. The van der Waals surface area contributed by atoms with E-state index >= 15 is 0 Å². The second-order valence-electron chi connectivity index (χ2n) is 7.35. The predicted molar refractivity (Wildman–Crippen MR) is 124 cm³/mol. The zero-order chi connectivity index (χ0) is 23.3. The standard InChI is InChI=1S/C23H23BrN4O4/c1-13-8-14(2)22(15(3)9-13)26-20(29)11-25-21(30)12-32-23(31)19-10-18(27-28-19)16-4-6-17(24)7-5-16/h4-10H,11-12H2,1-3H3,(H,25,30)(H,26,29)(H,27,28). The SMILES string of the molecule is Cc1cc(C)c(NC(=O)CNC(=O)COC(=O)c2cc(-c3ccc(Br)cc3)n[nH]2)c(C)c1. The molecule has 0 radical (unpaired) electrons. The van der Waals surface area contributed by atoms with Crippen LogP contribution in [0.4, 0.5) is 5.69 Å². The molecule has 0 spiro atoms. The van der Waals surface area contributed by atoms with Gasteiger partial charge in [0, 0.05) is 15.7 Å². The number of benzene rings is 2. The Morgan fingerprint density at radius 1 is 1.00 bits per heavy atom. The Morgan fingerprint density at radius 2 is 1.66 bits per heavy atom. The normalized spacial score (nSPS) is 10.5. The number of nitrogens with one attached hydrogen (secondary N) is 3. The Morgan fingerprint density at radius 3 is 2.31 bits per heavy atom. The maximum absolute atomic E-state index is 12.2. The van der Waals surface area contributed by atoms with E-state index in [0.29, 0.717) is 5.69 Å². The molecule has 9 heteroatoms. The van der Waals surface area contributed by atoms with Crippen molar-refractivity contribution in [2.45, 2.75) is 20.8 Å². The van der Waals surface area contributed by atoms with Crippen LogP contribution in [0.1, 0.15) is 27.2 Å². The summed E-state index contributed by atoms with van der Waals surface area (Å²) in [4.78, 5) is 36.3. The Kier molecular flexibility index (Phi) is 7.42. The van der Waals surface area contributed by atoms with Gasteiger partial charge >= 0.3 is 5.97 Å². The highest BCUT2D eigenvalue weighted by atomic mass is 79.9. The minimum absolute atomic E-state index is 0.124. The van der Waals surface area contributed by atoms with Crippen molar-refractivity contribution in [2.24, 2.45) is 0 Å². The fourth-order valence-corrected chi connectivity index (χ4v) is 3.46. The first-order valence-corrected chi connectivity index (χ1v) is 10.6. The lowest BCUT2D eigenvalue weighted by Gasteiger charge is -2.13. The first-order valence-electron chi connectivity index (χ1n) is 9.86. The first-order chi connectivity index (χ1) is 15.2. The Balaban J connectivity index is 1.46. The van der Waals surface area contributed by atoms with Crippen LogP contribution in [0.5, 0.6) is 0 Å². The highest BCUT2D eigenvalue weighted by Crippen LogP contribution is 2.22.